The van der Waals surface area contributed by atoms with Gasteiger partial charge in [0.05, 0.1) is 13.7 Å². The summed E-state index contributed by atoms with van der Waals surface area (Å²) in [5.74, 6) is 1.39. The summed E-state index contributed by atoms with van der Waals surface area (Å²) in [5, 5.41) is 0. The van der Waals surface area contributed by atoms with Crippen LogP contribution >= 0.6 is 11.8 Å². The SMILES string of the molecule is COc1ccc(CSCC(C)(C)C2(c3ccc(F)cc3F)CO2)cc1. The number of rotatable bonds is 7. The Labute approximate surface area is 151 Å². The average Bonchev–Trinajstić information content (AvgIpc) is 3.37. The second kappa shape index (κ2) is 6.96. The number of methoxy groups -OCH3 is 1. The van der Waals surface area contributed by atoms with E-state index in [0.717, 1.165) is 23.3 Å². The minimum atomic E-state index is -0.669. The van der Waals surface area contributed by atoms with Crippen LogP contribution in [0.3, 0.4) is 0 Å². The smallest absolute Gasteiger partial charge is 0.132 e. The molecule has 0 aliphatic carbocycles. The van der Waals surface area contributed by atoms with Crippen LogP contribution in [0.25, 0.3) is 0 Å². The Morgan fingerprint density at radius 2 is 1.84 bits per heavy atom. The second-order valence-corrected chi connectivity index (χ2v) is 7.95. The normalized spacial score (nSPS) is 19.7. The van der Waals surface area contributed by atoms with Gasteiger partial charge in [-0.25, -0.2) is 8.78 Å². The minimum Gasteiger partial charge on any atom is -0.497 e. The molecule has 5 heteroatoms. The van der Waals surface area contributed by atoms with Crippen LogP contribution in [0.4, 0.5) is 8.78 Å². The summed E-state index contributed by atoms with van der Waals surface area (Å²) in [5.41, 5.74) is 0.713. The van der Waals surface area contributed by atoms with Crippen LogP contribution in [-0.4, -0.2) is 19.5 Å². The van der Waals surface area contributed by atoms with E-state index < -0.39 is 17.2 Å². The largest absolute Gasteiger partial charge is 0.497 e. The number of hydrogen-bond donors (Lipinski definition) is 0. The van der Waals surface area contributed by atoms with Crippen molar-refractivity contribution in [3.63, 3.8) is 0 Å². The second-order valence-electron chi connectivity index (χ2n) is 6.96. The molecule has 1 aliphatic heterocycles. The monoisotopic (exact) mass is 364 g/mol. The number of benzene rings is 2. The first kappa shape index (κ1) is 18.2. The fraction of sp³-hybridized carbons (Fsp3) is 0.400. The van der Waals surface area contributed by atoms with Gasteiger partial charge in [0.25, 0.3) is 0 Å². The molecule has 1 saturated heterocycles. The van der Waals surface area contributed by atoms with Gasteiger partial charge in [-0.3, -0.25) is 0 Å². The molecule has 134 valence electrons. The highest BCUT2D eigenvalue weighted by Crippen LogP contribution is 2.54. The van der Waals surface area contributed by atoms with Crippen molar-refractivity contribution < 1.29 is 18.3 Å². The lowest BCUT2D eigenvalue weighted by Crippen LogP contribution is -2.34. The quantitative estimate of drug-likeness (QED) is 0.634. The maximum Gasteiger partial charge on any atom is 0.132 e. The first-order valence-corrected chi connectivity index (χ1v) is 9.34. The molecule has 1 atom stereocenters. The highest BCUT2D eigenvalue weighted by Gasteiger charge is 2.58. The van der Waals surface area contributed by atoms with Crippen molar-refractivity contribution in [3.05, 3.63) is 65.2 Å². The Bertz CT molecular complexity index is 740. The van der Waals surface area contributed by atoms with Gasteiger partial charge < -0.3 is 9.47 Å². The van der Waals surface area contributed by atoms with Gasteiger partial charge in [-0.05, 0) is 23.8 Å². The first-order chi connectivity index (χ1) is 11.9. The molecule has 0 spiro atoms. The molecule has 1 heterocycles. The third kappa shape index (κ3) is 3.67. The van der Waals surface area contributed by atoms with E-state index in [9.17, 15) is 8.78 Å². The van der Waals surface area contributed by atoms with Gasteiger partial charge >= 0.3 is 0 Å². The molecule has 1 unspecified atom stereocenters. The molecule has 0 N–H and O–H groups in total. The van der Waals surface area contributed by atoms with Gasteiger partial charge in [0.15, 0.2) is 0 Å². The van der Waals surface area contributed by atoms with E-state index in [2.05, 4.69) is 13.8 Å². The topological polar surface area (TPSA) is 21.8 Å². The zero-order valence-corrected chi connectivity index (χ0v) is 15.5. The number of ether oxygens (including phenoxy) is 2. The lowest BCUT2D eigenvalue weighted by atomic mass is 9.76. The Balaban J connectivity index is 1.66. The number of hydrogen-bond acceptors (Lipinski definition) is 3. The zero-order valence-electron chi connectivity index (χ0n) is 14.6. The van der Waals surface area contributed by atoms with E-state index in [0.29, 0.717) is 12.2 Å². The molecule has 25 heavy (non-hydrogen) atoms. The third-order valence-corrected chi connectivity index (χ3v) is 6.25. The van der Waals surface area contributed by atoms with Gasteiger partial charge in [0, 0.05) is 28.6 Å². The van der Waals surface area contributed by atoms with Gasteiger partial charge in [-0.1, -0.05) is 32.0 Å². The molecule has 0 bridgehead atoms. The first-order valence-electron chi connectivity index (χ1n) is 8.18. The molecular weight excluding hydrogens is 342 g/mol. The Morgan fingerprint density at radius 1 is 1.16 bits per heavy atom. The van der Waals surface area contributed by atoms with Crippen molar-refractivity contribution >= 4 is 11.8 Å². The van der Waals surface area contributed by atoms with Crippen molar-refractivity contribution in [1.29, 1.82) is 0 Å². The van der Waals surface area contributed by atoms with E-state index in [1.807, 2.05) is 24.3 Å². The van der Waals surface area contributed by atoms with Crippen LogP contribution < -0.4 is 4.74 Å². The molecule has 0 amide bonds. The van der Waals surface area contributed by atoms with Crippen molar-refractivity contribution in [2.75, 3.05) is 19.5 Å². The molecule has 2 nitrogen and oxygen atoms in total. The van der Waals surface area contributed by atoms with Gasteiger partial charge in [0.1, 0.15) is 23.0 Å². The van der Waals surface area contributed by atoms with Gasteiger partial charge in [0.2, 0.25) is 0 Å². The van der Waals surface area contributed by atoms with Crippen LogP contribution in [0.15, 0.2) is 42.5 Å². The average molecular weight is 364 g/mol. The fourth-order valence-electron chi connectivity index (χ4n) is 3.06. The van der Waals surface area contributed by atoms with Crippen molar-refractivity contribution in [2.24, 2.45) is 5.41 Å². The van der Waals surface area contributed by atoms with Crippen LogP contribution in [-0.2, 0) is 16.1 Å². The van der Waals surface area contributed by atoms with E-state index in [1.165, 1.54) is 17.7 Å². The van der Waals surface area contributed by atoms with Gasteiger partial charge in [-0.15, -0.1) is 0 Å². The van der Waals surface area contributed by atoms with Crippen LogP contribution in [0.2, 0.25) is 0 Å². The van der Waals surface area contributed by atoms with Gasteiger partial charge in [-0.2, -0.15) is 11.8 Å². The standard InChI is InChI=1S/C20H22F2O2S/c1-19(2,13-25-11-14-4-7-16(23-3)8-5-14)20(12-24-20)17-9-6-15(21)10-18(17)22/h4-10H,11-13H2,1-3H3. The maximum absolute atomic E-state index is 14.2. The molecule has 0 radical (unpaired) electrons. The molecule has 0 saturated carbocycles. The van der Waals surface area contributed by atoms with Crippen LogP contribution in [0, 0.1) is 17.0 Å². The van der Waals surface area contributed by atoms with Crippen molar-refractivity contribution in [2.45, 2.75) is 25.2 Å². The lowest BCUT2D eigenvalue weighted by molar-refractivity contribution is 0.155. The molecule has 2 aromatic carbocycles. The van der Waals surface area contributed by atoms with E-state index in [-0.39, 0.29) is 5.41 Å². The predicted molar refractivity (Wildman–Crippen MR) is 96.9 cm³/mol. The molecule has 1 fully saturated rings. The number of thioether (sulfide) groups is 1. The molecule has 1 aliphatic rings. The molecule has 3 rings (SSSR count). The summed E-state index contributed by atoms with van der Waals surface area (Å²) in [7, 11) is 1.65. The Morgan fingerprint density at radius 3 is 2.40 bits per heavy atom. The van der Waals surface area contributed by atoms with E-state index in [1.54, 1.807) is 18.9 Å². The highest BCUT2D eigenvalue weighted by molar-refractivity contribution is 7.98. The highest BCUT2D eigenvalue weighted by atomic mass is 32.2. The Kier molecular flexibility index (Phi) is 5.07. The lowest BCUT2D eigenvalue weighted by Gasteiger charge is -2.32. The third-order valence-electron chi connectivity index (χ3n) is 4.78. The number of epoxide rings is 1. The molecule has 0 aromatic heterocycles. The summed E-state index contributed by atoms with van der Waals surface area (Å²) < 4.78 is 38.3. The zero-order chi connectivity index (χ0) is 18.1. The van der Waals surface area contributed by atoms with E-state index in [4.69, 9.17) is 9.47 Å². The van der Waals surface area contributed by atoms with Crippen LogP contribution in [0.1, 0.15) is 25.0 Å². The predicted octanol–water partition coefficient (Wildman–Crippen LogP) is 5.16. The summed E-state index contributed by atoms with van der Waals surface area (Å²) in [4.78, 5) is 0. The van der Waals surface area contributed by atoms with Crippen LogP contribution in [0.5, 0.6) is 5.75 Å². The molecule has 2 aromatic rings. The number of halogens is 2. The van der Waals surface area contributed by atoms with Crippen molar-refractivity contribution in [3.8, 4) is 5.75 Å². The summed E-state index contributed by atoms with van der Waals surface area (Å²) in [6.45, 7) is 4.61. The summed E-state index contributed by atoms with van der Waals surface area (Å²) >= 11 is 1.78. The summed E-state index contributed by atoms with van der Waals surface area (Å²) in [6, 6.07) is 11.7. The maximum atomic E-state index is 14.2. The fourth-order valence-corrected chi connectivity index (χ4v) is 4.34. The van der Waals surface area contributed by atoms with E-state index >= 15 is 0 Å². The van der Waals surface area contributed by atoms with Crippen molar-refractivity contribution in [1.82, 2.24) is 0 Å². The summed E-state index contributed by atoms with van der Waals surface area (Å²) in [6.07, 6.45) is 0. The minimum absolute atomic E-state index is 0.275. The Hall–Kier alpha value is -1.59. The molecular formula is C20H22F2O2S.